The quantitative estimate of drug-likeness (QED) is 0.578. The number of benzene rings is 1. The summed E-state index contributed by atoms with van der Waals surface area (Å²) in [7, 11) is 0. The lowest BCUT2D eigenvalue weighted by Crippen LogP contribution is -2.53. The molecule has 3 heterocycles. The van der Waals surface area contributed by atoms with Gasteiger partial charge in [0.05, 0.1) is 11.8 Å². The number of para-hydroxylation sites is 1. The van der Waals surface area contributed by atoms with E-state index in [9.17, 15) is 19.2 Å². The van der Waals surface area contributed by atoms with Gasteiger partial charge in [0.1, 0.15) is 5.54 Å². The number of nitrogens with two attached hydrogens (primary N) is 1. The highest BCUT2D eigenvalue weighted by Gasteiger charge is 2.70. The van der Waals surface area contributed by atoms with Gasteiger partial charge in [-0.25, -0.2) is 0 Å². The van der Waals surface area contributed by atoms with Gasteiger partial charge in [0.15, 0.2) is 0 Å². The predicted molar refractivity (Wildman–Crippen MR) is 110 cm³/mol. The second-order valence-corrected chi connectivity index (χ2v) is 8.40. The van der Waals surface area contributed by atoms with E-state index in [1.807, 2.05) is 32.0 Å². The van der Waals surface area contributed by atoms with Crippen LogP contribution in [-0.2, 0) is 31.1 Å². The van der Waals surface area contributed by atoms with Gasteiger partial charge in [-0.2, -0.15) is 0 Å². The molecule has 1 spiro atoms. The van der Waals surface area contributed by atoms with Crippen molar-refractivity contribution in [1.82, 2.24) is 10.2 Å². The second-order valence-electron chi connectivity index (χ2n) is 8.40. The number of nitrogens with one attached hydrogen (secondary N) is 2. The summed E-state index contributed by atoms with van der Waals surface area (Å²) in [4.78, 5) is 52.8. The number of fused-ring (bicyclic) bond motifs is 4. The van der Waals surface area contributed by atoms with Gasteiger partial charge in [-0.3, -0.25) is 29.4 Å². The van der Waals surface area contributed by atoms with Crippen LogP contribution in [-0.4, -0.2) is 41.1 Å². The van der Waals surface area contributed by atoms with Gasteiger partial charge in [-0.05, 0) is 24.8 Å². The molecule has 4 amide bonds. The van der Waals surface area contributed by atoms with Crippen LogP contribution in [0.1, 0.15) is 50.7 Å². The third kappa shape index (κ3) is 2.77. The largest absolute Gasteiger partial charge is 0.370 e. The van der Waals surface area contributed by atoms with E-state index in [1.165, 1.54) is 4.90 Å². The van der Waals surface area contributed by atoms with Gasteiger partial charge in [-0.15, -0.1) is 0 Å². The van der Waals surface area contributed by atoms with Crippen LogP contribution in [0.25, 0.3) is 0 Å². The van der Waals surface area contributed by atoms with Crippen LogP contribution in [0.15, 0.2) is 18.2 Å². The summed E-state index contributed by atoms with van der Waals surface area (Å²) in [6, 6.07) is 5.19. The number of amides is 4. The number of primary amides is 1. The molecule has 4 N–H and O–H groups in total. The summed E-state index contributed by atoms with van der Waals surface area (Å²) in [5, 5.41) is 6.30. The molecule has 2 saturated heterocycles. The molecule has 0 bridgehead atoms. The van der Waals surface area contributed by atoms with Crippen molar-refractivity contribution in [3.05, 3.63) is 29.3 Å². The Hall–Kier alpha value is -2.74. The second kappa shape index (κ2) is 7.50. The Labute approximate surface area is 175 Å². The zero-order valence-electron chi connectivity index (χ0n) is 17.4. The standard InChI is InChI=1S/C22H28N4O4/c1-3-5-11-26-19(28)16-14(9-10-15(23)27)25-22(17(16)20(26)29)13-8-6-7-12(4-2)18(13)24-21(22)30/h6-8,14,16-17,25H,3-5,9-11H2,1-2H3,(H2,23,27)(H,24,30)/t14-,16-,17+,22-/m1/s1. The molecule has 8 heteroatoms. The Balaban J connectivity index is 1.82. The molecule has 30 heavy (non-hydrogen) atoms. The van der Waals surface area contributed by atoms with Gasteiger partial charge in [-0.1, -0.05) is 38.5 Å². The van der Waals surface area contributed by atoms with Gasteiger partial charge in [0, 0.05) is 30.3 Å². The molecule has 160 valence electrons. The van der Waals surface area contributed by atoms with Crippen LogP contribution in [0.3, 0.4) is 0 Å². The van der Waals surface area contributed by atoms with E-state index in [-0.39, 0.29) is 24.1 Å². The third-order valence-electron chi connectivity index (χ3n) is 6.75. The molecule has 0 saturated carbocycles. The number of likely N-dealkylation sites (tertiary alicyclic amines) is 1. The Bertz CT molecular complexity index is 930. The zero-order chi connectivity index (χ0) is 21.6. The Kier molecular flexibility index (Phi) is 5.13. The molecule has 2 fully saturated rings. The van der Waals surface area contributed by atoms with Gasteiger partial charge < -0.3 is 11.1 Å². The minimum absolute atomic E-state index is 0.0802. The van der Waals surface area contributed by atoms with Crippen LogP contribution in [0, 0.1) is 11.8 Å². The van der Waals surface area contributed by atoms with Crippen molar-refractivity contribution in [2.45, 2.75) is 57.5 Å². The number of rotatable bonds is 7. The smallest absolute Gasteiger partial charge is 0.250 e. The number of carbonyl (C=O) groups excluding carboxylic acids is 4. The average Bonchev–Trinajstić information content (AvgIpc) is 3.30. The van der Waals surface area contributed by atoms with Crippen LogP contribution in [0.2, 0.25) is 0 Å². The fourth-order valence-corrected chi connectivity index (χ4v) is 5.33. The average molecular weight is 412 g/mol. The van der Waals surface area contributed by atoms with Crippen molar-refractivity contribution in [1.29, 1.82) is 0 Å². The molecule has 8 nitrogen and oxygen atoms in total. The highest BCUT2D eigenvalue weighted by molar-refractivity contribution is 6.15. The molecule has 3 aliphatic heterocycles. The maximum absolute atomic E-state index is 13.5. The van der Waals surface area contributed by atoms with Crippen LogP contribution in [0.5, 0.6) is 0 Å². The van der Waals surface area contributed by atoms with Crippen molar-refractivity contribution >= 4 is 29.3 Å². The van der Waals surface area contributed by atoms with Crippen LogP contribution in [0.4, 0.5) is 5.69 Å². The third-order valence-corrected chi connectivity index (χ3v) is 6.75. The normalized spacial score (nSPS) is 29.5. The summed E-state index contributed by atoms with van der Waals surface area (Å²) < 4.78 is 0. The fraction of sp³-hybridized carbons (Fsp3) is 0.545. The van der Waals surface area contributed by atoms with Crippen LogP contribution < -0.4 is 16.4 Å². The zero-order valence-corrected chi connectivity index (χ0v) is 17.4. The molecule has 1 aromatic rings. The minimum Gasteiger partial charge on any atom is -0.370 e. The highest BCUT2D eigenvalue weighted by Crippen LogP contribution is 2.54. The minimum atomic E-state index is -1.30. The topological polar surface area (TPSA) is 122 Å². The molecule has 0 aliphatic carbocycles. The van der Waals surface area contributed by atoms with E-state index in [0.29, 0.717) is 24.9 Å². The lowest BCUT2D eigenvalue weighted by atomic mass is 9.76. The number of aryl methyl sites for hydroxylation is 1. The Morgan fingerprint density at radius 3 is 2.63 bits per heavy atom. The molecule has 0 unspecified atom stereocenters. The number of unbranched alkanes of at least 4 members (excludes halogenated alkanes) is 1. The molecule has 0 aromatic heterocycles. The number of imide groups is 1. The summed E-state index contributed by atoms with van der Waals surface area (Å²) in [6.45, 7) is 4.35. The molecular weight excluding hydrogens is 384 g/mol. The van der Waals surface area contributed by atoms with Crippen molar-refractivity contribution < 1.29 is 19.2 Å². The monoisotopic (exact) mass is 412 g/mol. The number of anilines is 1. The van der Waals surface area contributed by atoms with Gasteiger partial charge in [0.25, 0.3) is 0 Å². The number of hydrogen-bond donors (Lipinski definition) is 3. The summed E-state index contributed by atoms with van der Waals surface area (Å²) >= 11 is 0. The molecule has 0 radical (unpaired) electrons. The summed E-state index contributed by atoms with van der Waals surface area (Å²) in [5.41, 5.74) is 6.45. The number of nitrogens with zero attached hydrogens (tertiary/aromatic N) is 1. The lowest BCUT2D eigenvalue weighted by Gasteiger charge is -2.29. The summed E-state index contributed by atoms with van der Waals surface area (Å²) in [6.07, 6.45) is 2.68. The molecular formula is C22H28N4O4. The first-order valence-electron chi connectivity index (χ1n) is 10.7. The van der Waals surface area contributed by atoms with Gasteiger partial charge in [0.2, 0.25) is 23.6 Å². The molecule has 4 atom stereocenters. The Morgan fingerprint density at radius 2 is 1.97 bits per heavy atom. The summed E-state index contributed by atoms with van der Waals surface area (Å²) in [5.74, 6) is -2.86. The lowest BCUT2D eigenvalue weighted by molar-refractivity contribution is -0.143. The fourth-order valence-electron chi connectivity index (χ4n) is 5.33. The van der Waals surface area contributed by atoms with Crippen molar-refractivity contribution in [2.75, 3.05) is 11.9 Å². The van der Waals surface area contributed by atoms with Crippen molar-refractivity contribution in [3.8, 4) is 0 Å². The number of hydrogen-bond acceptors (Lipinski definition) is 5. The van der Waals surface area contributed by atoms with Crippen molar-refractivity contribution in [2.24, 2.45) is 17.6 Å². The first kappa shape index (κ1) is 20.5. The van der Waals surface area contributed by atoms with Crippen molar-refractivity contribution in [3.63, 3.8) is 0 Å². The van der Waals surface area contributed by atoms with E-state index < -0.39 is 29.3 Å². The molecule has 3 aliphatic rings. The molecule has 1 aromatic carbocycles. The first-order chi connectivity index (χ1) is 14.4. The van der Waals surface area contributed by atoms with Gasteiger partial charge >= 0.3 is 0 Å². The highest BCUT2D eigenvalue weighted by atomic mass is 16.2. The van der Waals surface area contributed by atoms with Crippen LogP contribution >= 0.6 is 0 Å². The van der Waals surface area contributed by atoms with E-state index >= 15 is 0 Å². The molecule has 4 rings (SSSR count). The van der Waals surface area contributed by atoms with E-state index in [1.54, 1.807) is 0 Å². The van der Waals surface area contributed by atoms with E-state index in [2.05, 4.69) is 10.6 Å². The van der Waals surface area contributed by atoms with E-state index in [0.717, 1.165) is 24.1 Å². The van der Waals surface area contributed by atoms with E-state index in [4.69, 9.17) is 5.73 Å². The number of carbonyl (C=O) groups is 4. The maximum atomic E-state index is 13.5. The first-order valence-corrected chi connectivity index (χ1v) is 10.7. The Morgan fingerprint density at radius 1 is 1.20 bits per heavy atom. The SMILES string of the molecule is CCCCN1C(=O)[C@H]2[C@@H](C1=O)[C@@]1(N[C@@H]2CCC(N)=O)C(=O)Nc2c(CC)cccc21. The predicted octanol–water partition coefficient (Wildman–Crippen LogP) is 1.04. The maximum Gasteiger partial charge on any atom is 0.250 e.